The van der Waals surface area contributed by atoms with Crippen LogP contribution < -0.4 is 0 Å². The van der Waals surface area contributed by atoms with Crippen LogP contribution in [-0.4, -0.2) is 35.1 Å². The van der Waals surface area contributed by atoms with E-state index in [1.807, 2.05) is 6.92 Å². The molecule has 14 heavy (non-hydrogen) atoms. The molecule has 1 rings (SSSR count). The standard InChI is InChI=1S/C11H21NO2/c1-3-5-10(11(13)14)12-7-6-9(4-2)8-12/h9-10H,3-8H2,1-2H3,(H,13,14). The second kappa shape index (κ2) is 5.35. The molecule has 3 heteroatoms. The summed E-state index contributed by atoms with van der Waals surface area (Å²) in [5.74, 6) is 0.0670. The van der Waals surface area contributed by atoms with Crippen LogP contribution in [0, 0.1) is 5.92 Å². The van der Waals surface area contributed by atoms with E-state index in [0.29, 0.717) is 5.92 Å². The minimum absolute atomic E-state index is 0.239. The van der Waals surface area contributed by atoms with Crippen molar-refractivity contribution in [1.82, 2.24) is 4.90 Å². The van der Waals surface area contributed by atoms with Crippen molar-refractivity contribution in [2.24, 2.45) is 5.92 Å². The van der Waals surface area contributed by atoms with Crippen LogP contribution in [0.2, 0.25) is 0 Å². The summed E-state index contributed by atoms with van der Waals surface area (Å²) in [5, 5.41) is 9.08. The SMILES string of the molecule is CCCC(C(=O)O)N1CCC(CC)C1. The predicted octanol–water partition coefficient (Wildman–Crippen LogP) is 1.97. The fourth-order valence-corrected chi connectivity index (χ4v) is 2.21. The van der Waals surface area contributed by atoms with Crippen molar-refractivity contribution in [3.63, 3.8) is 0 Å². The van der Waals surface area contributed by atoms with Gasteiger partial charge in [-0.25, -0.2) is 0 Å². The van der Waals surface area contributed by atoms with Gasteiger partial charge < -0.3 is 5.11 Å². The Kier molecular flexibility index (Phi) is 4.39. The molecule has 0 spiro atoms. The van der Waals surface area contributed by atoms with Crippen molar-refractivity contribution in [1.29, 1.82) is 0 Å². The fourth-order valence-electron chi connectivity index (χ4n) is 2.21. The van der Waals surface area contributed by atoms with Gasteiger partial charge in [0.15, 0.2) is 0 Å². The first-order valence-electron chi connectivity index (χ1n) is 5.65. The lowest BCUT2D eigenvalue weighted by Gasteiger charge is -2.23. The van der Waals surface area contributed by atoms with E-state index < -0.39 is 5.97 Å². The summed E-state index contributed by atoms with van der Waals surface area (Å²) in [4.78, 5) is 13.2. The second-order valence-electron chi connectivity index (χ2n) is 4.20. The largest absolute Gasteiger partial charge is 0.480 e. The summed E-state index contributed by atoms with van der Waals surface area (Å²) in [7, 11) is 0. The summed E-state index contributed by atoms with van der Waals surface area (Å²) in [6.07, 6.45) is 4.08. The minimum Gasteiger partial charge on any atom is -0.480 e. The highest BCUT2D eigenvalue weighted by atomic mass is 16.4. The van der Waals surface area contributed by atoms with Crippen LogP contribution >= 0.6 is 0 Å². The molecule has 0 amide bonds. The molecule has 1 saturated heterocycles. The first-order valence-corrected chi connectivity index (χ1v) is 5.65. The van der Waals surface area contributed by atoms with E-state index in [4.69, 9.17) is 5.11 Å². The average molecular weight is 199 g/mol. The number of carboxylic acids is 1. The van der Waals surface area contributed by atoms with Crippen LogP contribution in [0.25, 0.3) is 0 Å². The minimum atomic E-state index is -0.649. The third-order valence-corrected chi connectivity index (χ3v) is 3.18. The van der Waals surface area contributed by atoms with Crippen molar-refractivity contribution >= 4 is 5.97 Å². The first-order chi connectivity index (χ1) is 6.69. The molecule has 3 nitrogen and oxygen atoms in total. The Hall–Kier alpha value is -0.570. The van der Waals surface area contributed by atoms with E-state index in [1.165, 1.54) is 12.8 Å². The number of aliphatic carboxylic acids is 1. The van der Waals surface area contributed by atoms with Crippen molar-refractivity contribution < 1.29 is 9.90 Å². The number of carbonyl (C=O) groups is 1. The summed E-state index contributed by atoms with van der Waals surface area (Å²) in [6.45, 7) is 6.18. The quantitative estimate of drug-likeness (QED) is 0.736. The monoisotopic (exact) mass is 199 g/mol. The second-order valence-corrected chi connectivity index (χ2v) is 4.20. The van der Waals surface area contributed by atoms with Gasteiger partial charge >= 0.3 is 5.97 Å². The van der Waals surface area contributed by atoms with E-state index in [1.54, 1.807) is 0 Å². The number of hydrogen-bond acceptors (Lipinski definition) is 2. The smallest absolute Gasteiger partial charge is 0.320 e. The zero-order valence-corrected chi connectivity index (χ0v) is 9.20. The lowest BCUT2D eigenvalue weighted by molar-refractivity contribution is -0.143. The maximum atomic E-state index is 11.0. The molecule has 2 atom stereocenters. The average Bonchev–Trinajstić information content (AvgIpc) is 2.61. The fraction of sp³-hybridized carbons (Fsp3) is 0.909. The molecule has 1 N–H and O–H groups in total. The topological polar surface area (TPSA) is 40.5 Å². The van der Waals surface area contributed by atoms with Crippen LogP contribution in [0.15, 0.2) is 0 Å². The lowest BCUT2D eigenvalue weighted by atomic mass is 10.1. The highest BCUT2D eigenvalue weighted by Crippen LogP contribution is 2.22. The molecule has 1 fully saturated rings. The molecular weight excluding hydrogens is 178 g/mol. The van der Waals surface area contributed by atoms with E-state index >= 15 is 0 Å². The molecule has 0 radical (unpaired) electrons. The van der Waals surface area contributed by atoms with E-state index in [-0.39, 0.29) is 6.04 Å². The van der Waals surface area contributed by atoms with E-state index in [0.717, 1.165) is 25.9 Å². The Balaban J connectivity index is 2.48. The molecule has 2 unspecified atom stereocenters. The van der Waals surface area contributed by atoms with Gasteiger partial charge in [0.05, 0.1) is 0 Å². The summed E-state index contributed by atoms with van der Waals surface area (Å²) in [6, 6.07) is -0.239. The summed E-state index contributed by atoms with van der Waals surface area (Å²) in [5.41, 5.74) is 0. The number of hydrogen-bond donors (Lipinski definition) is 1. The number of likely N-dealkylation sites (tertiary alicyclic amines) is 1. The maximum Gasteiger partial charge on any atom is 0.320 e. The first kappa shape index (κ1) is 11.5. The summed E-state index contributed by atoms with van der Waals surface area (Å²) < 4.78 is 0. The van der Waals surface area contributed by atoms with Gasteiger partial charge in [-0.15, -0.1) is 0 Å². The zero-order chi connectivity index (χ0) is 10.6. The number of carboxylic acid groups (broad SMARTS) is 1. The van der Waals surface area contributed by atoms with Gasteiger partial charge in [-0.3, -0.25) is 9.69 Å². The van der Waals surface area contributed by atoms with Crippen LogP contribution in [0.1, 0.15) is 39.5 Å². The Labute approximate surface area is 86.1 Å². The van der Waals surface area contributed by atoms with Gasteiger partial charge in [0.2, 0.25) is 0 Å². The van der Waals surface area contributed by atoms with Gasteiger partial charge in [-0.2, -0.15) is 0 Å². The van der Waals surface area contributed by atoms with Crippen molar-refractivity contribution in [2.75, 3.05) is 13.1 Å². The predicted molar refractivity (Wildman–Crippen MR) is 56.3 cm³/mol. The molecule has 0 aromatic carbocycles. The van der Waals surface area contributed by atoms with Gasteiger partial charge in [-0.05, 0) is 25.3 Å². The highest BCUT2D eigenvalue weighted by molar-refractivity contribution is 5.73. The molecule has 0 aromatic rings. The van der Waals surface area contributed by atoms with Gasteiger partial charge in [0.25, 0.3) is 0 Å². The van der Waals surface area contributed by atoms with Gasteiger partial charge in [-0.1, -0.05) is 26.7 Å². The molecular formula is C11H21NO2. The van der Waals surface area contributed by atoms with Crippen molar-refractivity contribution in [2.45, 2.75) is 45.6 Å². The third-order valence-electron chi connectivity index (χ3n) is 3.18. The Morgan fingerprint density at radius 3 is 2.71 bits per heavy atom. The van der Waals surface area contributed by atoms with Crippen LogP contribution in [0.4, 0.5) is 0 Å². The Morgan fingerprint density at radius 1 is 1.57 bits per heavy atom. The Morgan fingerprint density at radius 2 is 2.29 bits per heavy atom. The maximum absolute atomic E-state index is 11.0. The molecule has 0 aliphatic carbocycles. The van der Waals surface area contributed by atoms with Gasteiger partial charge in [0.1, 0.15) is 6.04 Å². The molecule has 0 bridgehead atoms. The number of nitrogens with zero attached hydrogens (tertiary/aromatic N) is 1. The van der Waals surface area contributed by atoms with E-state index in [2.05, 4.69) is 11.8 Å². The van der Waals surface area contributed by atoms with E-state index in [9.17, 15) is 4.79 Å². The van der Waals surface area contributed by atoms with Crippen molar-refractivity contribution in [3.05, 3.63) is 0 Å². The third kappa shape index (κ3) is 2.71. The van der Waals surface area contributed by atoms with Crippen LogP contribution in [-0.2, 0) is 4.79 Å². The molecule has 1 aliphatic rings. The molecule has 1 aliphatic heterocycles. The van der Waals surface area contributed by atoms with Crippen LogP contribution in [0.3, 0.4) is 0 Å². The molecule has 82 valence electrons. The number of rotatable bonds is 5. The van der Waals surface area contributed by atoms with Crippen molar-refractivity contribution in [3.8, 4) is 0 Å². The Bertz CT molecular complexity index is 194. The summed E-state index contributed by atoms with van der Waals surface area (Å²) >= 11 is 0. The normalized spacial score (nSPS) is 25.1. The van der Waals surface area contributed by atoms with Crippen LogP contribution in [0.5, 0.6) is 0 Å². The molecule has 0 saturated carbocycles. The molecule has 1 heterocycles. The van der Waals surface area contributed by atoms with Gasteiger partial charge in [0, 0.05) is 6.54 Å². The zero-order valence-electron chi connectivity index (χ0n) is 9.20. The lowest BCUT2D eigenvalue weighted by Crippen LogP contribution is -2.39. The highest BCUT2D eigenvalue weighted by Gasteiger charge is 2.30. The molecule has 0 aromatic heterocycles.